The van der Waals surface area contributed by atoms with Crippen LogP contribution in [0.4, 0.5) is 24.5 Å². The summed E-state index contributed by atoms with van der Waals surface area (Å²) < 4.78 is 37.6. The number of benzene rings is 1. The van der Waals surface area contributed by atoms with Gasteiger partial charge in [-0.25, -0.2) is 0 Å². The highest BCUT2D eigenvalue weighted by molar-refractivity contribution is 7.07. The standard InChI is InChI=1S/C14H15F3N2S/c1-9(6-10-4-5-20-8-10)19-13-3-2-11(7-12(13)18)14(15,16)17/h2-5,7-9,19H,6,18H2,1H3. The Morgan fingerprint density at radius 2 is 2.05 bits per heavy atom. The molecule has 108 valence electrons. The first-order chi connectivity index (χ1) is 9.36. The van der Waals surface area contributed by atoms with E-state index in [1.54, 1.807) is 11.3 Å². The molecule has 0 spiro atoms. The van der Waals surface area contributed by atoms with Gasteiger partial charge in [-0.2, -0.15) is 24.5 Å². The lowest BCUT2D eigenvalue weighted by molar-refractivity contribution is -0.137. The van der Waals surface area contributed by atoms with E-state index in [1.165, 1.54) is 11.6 Å². The molecule has 1 heterocycles. The predicted molar refractivity (Wildman–Crippen MR) is 77.0 cm³/mol. The van der Waals surface area contributed by atoms with E-state index >= 15 is 0 Å². The van der Waals surface area contributed by atoms with Crippen LogP contribution in [-0.4, -0.2) is 6.04 Å². The van der Waals surface area contributed by atoms with Crippen LogP contribution in [0.25, 0.3) is 0 Å². The smallest absolute Gasteiger partial charge is 0.397 e. The van der Waals surface area contributed by atoms with E-state index in [0.29, 0.717) is 5.69 Å². The topological polar surface area (TPSA) is 38.0 Å². The van der Waals surface area contributed by atoms with Crippen molar-refractivity contribution in [1.29, 1.82) is 0 Å². The van der Waals surface area contributed by atoms with Gasteiger partial charge in [0, 0.05) is 6.04 Å². The Labute approximate surface area is 119 Å². The number of alkyl halides is 3. The minimum atomic E-state index is -4.37. The molecule has 0 radical (unpaired) electrons. The molecular formula is C14H15F3N2S. The number of rotatable bonds is 4. The fourth-order valence-electron chi connectivity index (χ4n) is 1.95. The Balaban J connectivity index is 2.06. The summed E-state index contributed by atoms with van der Waals surface area (Å²) in [5.41, 5.74) is 6.78. The number of thiophene rings is 1. The second-order valence-corrected chi connectivity index (χ2v) is 5.46. The molecule has 1 aromatic carbocycles. The summed E-state index contributed by atoms with van der Waals surface area (Å²) in [7, 11) is 0. The molecular weight excluding hydrogens is 285 g/mol. The Kier molecular flexibility index (Phi) is 4.23. The molecule has 0 aliphatic heterocycles. The molecule has 2 nitrogen and oxygen atoms in total. The van der Waals surface area contributed by atoms with Gasteiger partial charge in [-0.15, -0.1) is 0 Å². The van der Waals surface area contributed by atoms with Gasteiger partial charge in [0.2, 0.25) is 0 Å². The first-order valence-electron chi connectivity index (χ1n) is 6.10. The van der Waals surface area contributed by atoms with Crippen molar-refractivity contribution in [2.24, 2.45) is 0 Å². The highest BCUT2D eigenvalue weighted by Crippen LogP contribution is 2.33. The molecule has 0 aliphatic rings. The largest absolute Gasteiger partial charge is 0.416 e. The predicted octanol–water partition coefficient (Wildman–Crippen LogP) is 4.39. The molecule has 1 aromatic heterocycles. The molecule has 0 bridgehead atoms. The van der Waals surface area contributed by atoms with Crippen molar-refractivity contribution in [1.82, 2.24) is 0 Å². The molecule has 20 heavy (non-hydrogen) atoms. The second-order valence-electron chi connectivity index (χ2n) is 4.68. The van der Waals surface area contributed by atoms with Crippen LogP contribution in [0.1, 0.15) is 18.1 Å². The molecule has 0 saturated carbocycles. The summed E-state index contributed by atoms with van der Waals surface area (Å²) in [5, 5.41) is 7.18. The minimum Gasteiger partial charge on any atom is -0.397 e. The lowest BCUT2D eigenvalue weighted by Gasteiger charge is -2.17. The first kappa shape index (κ1) is 14.7. The Hall–Kier alpha value is -1.69. The molecule has 0 aliphatic carbocycles. The summed E-state index contributed by atoms with van der Waals surface area (Å²) >= 11 is 1.62. The van der Waals surface area contributed by atoms with Gasteiger partial charge in [-0.05, 0) is 53.9 Å². The summed E-state index contributed by atoms with van der Waals surface area (Å²) in [6.07, 6.45) is -3.57. The summed E-state index contributed by atoms with van der Waals surface area (Å²) in [6.45, 7) is 1.97. The summed E-state index contributed by atoms with van der Waals surface area (Å²) in [6, 6.07) is 5.49. The number of nitrogens with one attached hydrogen (secondary N) is 1. The van der Waals surface area contributed by atoms with Crippen LogP contribution in [0.5, 0.6) is 0 Å². The highest BCUT2D eigenvalue weighted by atomic mass is 32.1. The third-order valence-electron chi connectivity index (χ3n) is 2.90. The lowest BCUT2D eigenvalue weighted by Crippen LogP contribution is -2.19. The fourth-order valence-corrected chi connectivity index (χ4v) is 2.63. The van der Waals surface area contributed by atoms with Gasteiger partial charge in [-0.1, -0.05) is 0 Å². The quantitative estimate of drug-likeness (QED) is 0.822. The SMILES string of the molecule is CC(Cc1ccsc1)Nc1ccc(C(F)(F)F)cc1N. The van der Waals surface area contributed by atoms with Gasteiger partial charge >= 0.3 is 6.18 Å². The summed E-state index contributed by atoms with van der Waals surface area (Å²) in [4.78, 5) is 0. The van der Waals surface area contributed by atoms with Crippen LogP contribution in [0.15, 0.2) is 35.0 Å². The summed E-state index contributed by atoms with van der Waals surface area (Å²) in [5.74, 6) is 0. The van der Waals surface area contributed by atoms with Crippen LogP contribution in [0.2, 0.25) is 0 Å². The molecule has 2 rings (SSSR count). The lowest BCUT2D eigenvalue weighted by atomic mass is 10.1. The monoisotopic (exact) mass is 300 g/mol. The van der Waals surface area contributed by atoms with Gasteiger partial charge in [0.25, 0.3) is 0 Å². The number of nitrogens with two attached hydrogens (primary N) is 1. The maximum absolute atomic E-state index is 12.5. The zero-order chi connectivity index (χ0) is 14.8. The fraction of sp³-hybridized carbons (Fsp3) is 0.286. The number of nitrogen functional groups attached to an aromatic ring is 1. The van der Waals surface area contributed by atoms with Gasteiger partial charge in [0.1, 0.15) is 0 Å². The zero-order valence-electron chi connectivity index (χ0n) is 10.9. The average Bonchev–Trinajstić information content (AvgIpc) is 2.83. The minimum absolute atomic E-state index is 0.0867. The normalized spacial score (nSPS) is 13.2. The van der Waals surface area contributed by atoms with Gasteiger partial charge in [0.15, 0.2) is 0 Å². The number of hydrogen-bond donors (Lipinski definition) is 2. The highest BCUT2D eigenvalue weighted by Gasteiger charge is 2.30. The molecule has 1 atom stereocenters. The van der Waals surface area contributed by atoms with E-state index in [2.05, 4.69) is 5.32 Å². The van der Waals surface area contributed by atoms with E-state index in [4.69, 9.17) is 5.73 Å². The Bertz CT molecular complexity index is 564. The van der Waals surface area contributed by atoms with Gasteiger partial charge < -0.3 is 11.1 Å². The Morgan fingerprint density at radius 1 is 1.30 bits per heavy atom. The first-order valence-corrected chi connectivity index (χ1v) is 7.05. The van der Waals surface area contributed by atoms with E-state index in [-0.39, 0.29) is 11.7 Å². The molecule has 0 saturated heterocycles. The number of hydrogen-bond acceptors (Lipinski definition) is 3. The van der Waals surface area contributed by atoms with Crippen molar-refractivity contribution < 1.29 is 13.2 Å². The van der Waals surface area contributed by atoms with Crippen LogP contribution in [-0.2, 0) is 12.6 Å². The molecule has 0 amide bonds. The van der Waals surface area contributed by atoms with Crippen molar-refractivity contribution in [3.05, 3.63) is 46.2 Å². The Morgan fingerprint density at radius 3 is 2.60 bits per heavy atom. The molecule has 2 aromatic rings. The van der Waals surface area contributed by atoms with Gasteiger partial charge in [0.05, 0.1) is 16.9 Å². The van der Waals surface area contributed by atoms with E-state index in [0.717, 1.165) is 18.6 Å². The second kappa shape index (κ2) is 5.75. The van der Waals surface area contributed by atoms with E-state index in [9.17, 15) is 13.2 Å². The van der Waals surface area contributed by atoms with Crippen LogP contribution in [0, 0.1) is 0 Å². The average molecular weight is 300 g/mol. The maximum Gasteiger partial charge on any atom is 0.416 e. The van der Waals surface area contributed by atoms with E-state index < -0.39 is 11.7 Å². The van der Waals surface area contributed by atoms with Crippen LogP contribution < -0.4 is 11.1 Å². The zero-order valence-corrected chi connectivity index (χ0v) is 11.7. The van der Waals surface area contributed by atoms with E-state index in [1.807, 2.05) is 23.8 Å². The third kappa shape index (κ3) is 3.66. The molecule has 0 fully saturated rings. The van der Waals surface area contributed by atoms with Crippen LogP contribution >= 0.6 is 11.3 Å². The number of anilines is 2. The van der Waals surface area contributed by atoms with Gasteiger partial charge in [-0.3, -0.25) is 0 Å². The molecule has 3 N–H and O–H groups in total. The third-order valence-corrected chi connectivity index (χ3v) is 3.63. The molecule has 1 unspecified atom stereocenters. The van der Waals surface area contributed by atoms with Crippen LogP contribution in [0.3, 0.4) is 0 Å². The van der Waals surface area contributed by atoms with Crippen molar-refractivity contribution in [2.75, 3.05) is 11.1 Å². The maximum atomic E-state index is 12.5. The van der Waals surface area contributed by atoms with Crippen molar-refractivity contribution >= 4 is 22.7 Å². The van der Waals surface area contributed by atoms with Crippen molar-refractivity contribution in [2.45, 2.75) is 25.6 Å². The number of halogens is 3. The van der Waals surface area contributed by atoms with Crippen molar-refractivity contribution in [3.63, 3.8) is 0 Å². The molecule has 6 heteroatoms. The van der Waals surface area contributed by atoms with Crippen molar-refractivity contribution in [3.8, 4) is 0 Å².